The van der Waals surface area contributed by atoms with E-state index < -0.39 is 0 Å². The van der Waals surface area contributed by atoms with Crippen LogP contribution in [0.1, 0.15) is 17.2 Å². The lowest BCUT2D eigenvalue weighted by atomic mass is 9.99. The summed E-state index contributed by atoms with van der Waals surface area (Å²) in [7, 11) is 1.98. The molecule has 0 radical (unpaired) electrons. The molecular formula is C15H15BrClN. The van der Waals surface area contributed by atoms with Gasteiger partial charge in [0.05, 0.1) is 0 Å². The van der Waals surface area contributed by atoms with E-state index in [-0.39, 0.29) is 6.04 Å². The molecule has 0 aliphatic heterocycles. The molecule has 0 aromatic heterocycles. The Balaban J connectivity index is 2.23. The molecule has 0 bridgehead atoms. The maximum atomic E-state index is 6.02. The Morgan fingerprint density at radius 1 is 1.17 bits per heavy atom. The molecule has 18 heavy (non-hydrogen) atoms. The molecule has 0 aliphatic rings. The van der Waals surface area contributed by atoms with Crippen molar-refractivity contribution in [3.8, 4) is 0 Å². The van der Waals surface area contributed by atoms with Crippen LogP contribution < -0.4 is 5.32 Å². The molecule has 94 valence electrons. The summed E-state index contributed by atoms with van der Waals surface area (Å²) in [4.78, 5) is 0. The first-order valence-corrected chi connectivity index (χ1v) is 7.04. The van der Waals surface area contributed by atoms with Crippen molar-refractivity contribution < 1.29 is 0 Å². The zero-order valence-corrected chi connectivity index (χ0v) is 12.5. The van der Waals surface area contributed by atoms with Crippen molar-refractivity contribution in [3.63, 3.8) is 0 Å². The van der Waals surface area contributed by atoms with Crippen molar-refractivity contribution in [1.29, 1.82) is 0 Å². The van der Waals surface area contributed by atoms with Gasteiger partial charge in [0.1, 0.15) is 0 Å². The van der Waals surface area contributed by atoms with Gasteiger partial charge in [-0.05, 0) is 42.8 Å². The summed E-state index contributed by atoms with van der Waals surface area (Å²) in [5, 5.41) is 4.14. The predicted octanol–water partition coefficient (Wildman–Crippen LogP) is 4.61. The molecule has 2 aromatic carbocycles. The molecule has 3 heteroatoms. The molecule has 1 N–H and O–H groups in total. The van der Waals surface area contributed by atoms with Crippen LogP contribution in [0.15, 0.2) is 53.0 Å². The summed E-state index contributed by atoms with van der Waals surface area (Å²) >= 11 is 9.62. The van der Waals surface area contributed by atoms with Gasteiger partial charge >= 0.3 is 0 Å². The Labute approximate surface area is 121 Å². The average molecular weight is 325 g/mol. The first kappa shape index (κ1) is 13.6. The highest BCUT2D eigenvalue weighted by molar-refractivity contribution is 9.10. The van der Waals surface area contributed by atoms with Gasteiger partial charge in [0, 0.05) is 15.5 Å². The number of likely N-dealkylation sites (N-methyl/N-ethyl adjacent to an activating group) is 1. The Hall–Kier alpha value is -0.830. The average Bonchev–Trinajstić information content (AvgIpc) is 2.37. The fourth-order valence-corrected chi connectivity index (χ4v) is 2.80. The molecule has 2 rings (SSSR count). The smallest absolute Gasteiger partial charge is 0.0408 e. The van der Waals surface area contributed by atoms with Crippen LogP contribution in [-0.2, 0) is 6.42 Å². The van der Waals surface area contributed by atoms with Crippen LogP contribution in [0, 0.1) is 0 Å². The van der Waals surface area contributed by atoms with Gasteiger partial charge in [0.25, 0.3) is 0 Å². The zero-order chi connectivity index (χ0) is 13.0. The predicted molar refractivity (Wildman–Crippen MR) is 81.1 cm³/mol. The number of hydrogen-bond donors (Lipinski definition) is 1. The maximum absolute atomic E-state index is 6.02. The van der Waals surface area contributed by atoms with E-state index in [9.17, 15) is 0 Å². The summed E-state index contributed by atoms with van der Waals surface area (Å²) in [5.74, 6) is 0. The van der Waals surface area contributed by atoms with Crippen LogP contribution >= 0.6 is 27.5 Å². The summed E-state index contributed by atoms with van der Waals surface area (Å²) in [6.45, 7) is 0. The van der Waals surface area contributed by atoms with E-state index in [1.54, 1.807) is 0 Å². The molecule has 1 nitrogen and oxygen atoms in total. The molecule has 0 heterocycles. The minimum absolute atomic E-state index is 0.277. The molecule has 0 spiro atoms. The fourth-order valence-electron chi connectivity index (χ4n) is 2.02. The number of benzene rings is 2. The normalized spacial score (nSPS) is 12.4. The van der Waals surface area contributed by atoms with E-state index in [0.717, 1.165) is 15.9 Å². The Morgan fingerprint density at radius 3 is 2.61 bits per heavy atom. The number of halogens is 2. The summed E-state index contributed by atoms with van der Waals surface area (Å²) in [6.07, 6.45) is 0.916. The van der Waals surface area contributed by atoms with Crippen LogP contribution in [0.3, 0.4) is 0 Å². The highest BCUT2D eigenvalue weighted by Crippen LogP contribution is 2.26. The second kappa shape index (κ2) is 6.37. The fraction of sp³-hybridized carbons (Fsp3) is 0.200. The maximum Gasteiger partial charge on any atom is 0.0408 e. The largest absolute Gasteiger partial charge is 0.313 e. The Kier molecular flexibility index (Phi) is 4.81. The molecule has 0 saturated heterocycles. The molecule has 2 aromatic rings. The van der Waals surface area contributed by atoms with E-state index in [2.05, 4.69) is 45.5 Å². The van der Waals surface area contributed by atoms with Gasteiger partial charge in [0.2, 0.25) is 0 Å². The van der Waals surface area contributed by atoms with Crippen LogP contribution in [0.4, 0.5) is 0 Å². The second-order valence-electron chi connectivity index (χ2n) is 4.20. The van der Waals surface area contributed by atoms with Crippen molar-refractivity contribution in [1.82, 2.24) is 5.32 Å². The number of nitrogens with one attached hydrogen (secondary N) is 1. The van der Waals surface area contributed by atoms with Gasteiger partial charge in [0.15, 0.2) is 0 Å². The molecular weight excluding hydrogens is 310 g/mol. The first-order chi connectivity index (χ1) is 8.70. The van der Waals surface area contributed by atoms with E-state index in [1.807, 2.05) is 31.3 Å². The number of hydrogen-bond acceptors (Lipinski definition) is 1. The molecule has 0 aliphatic carbocycles. The summed E-state index contributed by atoms with van der Waals surface area (Å²) < 4.78 is 1.13. The third-order valence-electron chi connectivity index (χ3n) is 2.96. The van der Waals surface area contributed by atoms with E-state index in [0.29, 0.717) is 0 Å². The number of rotatable bonds is 4. The van der Waals surface area contributed by atoms with E-state index in [4.69, 9.17) is 11.6 Å². The summed E-state index contributed by atoms with van der Waals surface area (Å²) in [5.41, 5.74) is 2.50. The Bertz CT molecular complexity index is 527. The molecule has 0 saturated carbocycles. The second-order valence-corrected chi connectivity index (χ2v) is 5.49. The summed E-state index contributed by atoms with van der Waals surface area (Å²) in [6, 6.07) is 16.6. The van der Waals surface area contributed by atoms with Crippen molar-refractivity contribution in [2.45, 2.75) is 12.5 Å². The minimum Gasteiger partial charge on any atom is -0.313 e. The lowest BCUT2D eigenvalue weighted by Gasteiger charge is -2.18. The SMILES string of the molecule is CNC(Cc1cccc(Cl)c1)c1ccccc1Br. The third kappa shape index (κ3) is 3.35. The van der Waals surface area contributed by atoms with Crippen molar-refractivity contribution in [2.75, 3.05) is 7.05 Å². The van der Waals surface area contributed by atoms with Gasteiger partial charge in [-0.25, -0.2) is 0 Å². The molecule has 1 atom stereocenters. The van der Waals surface area contributed by atoms with Crippen LogP contribution in [-0.4, -0.2) is 7.05 Å². The Morgan fingerprint density at radius 2 is 1.94 bits per heavy atom. The van der Waals surface area contributed by atoms with Crippen LogP contribution in [0.2, 0.25) is 5.02 Å². The molecule has 0 fully saturated rings. The molecule has 1 unspecified atom stereocenters. The van der Waals surface area contributed by atoms with Gasteiger partial charge in [-0.2, -0.15) is 0 Å². The van der Waals surface area contributed by atoms with Crippen molar-refractivity contribution >= 4 is 27.5 Å². The van der Waals surface area contributed by atoms with Gasteiger partial charge < -0.3 is 5.32 Å². The van der Waals surface area contributed by atoms with Gasteiger partial charge in [-0.3, -0.25) is 0 Å². The van der Waals surface area contributed by atoms with E-state index in [1.165, 1.54) is 11.1 Å². The van der Waals surface area contributed by atoms with Gasteiger partial charge in [-0.15, -0.1) is 0 Å². The first-order valence-electron chi connectivity index (χ1n) is 5.87. The van der Waals surface area contributed by atoms with Crippen molar-refractivity contribution in [3.05, 3.63) is 69.2 Å². The highest BCUT2D eigenvalue weighted by atomic mass is 79.9. The molecule has 0 amide bonds. The van der Waals surface area contributed by atoms with Crippen molar-refractivity contribution in [2.24, 2.45) is 0 Å². The lowest BCUT2D eigenvalue weighted by Crippen LogP contribution is -2.19. The van der Waals surface area contributed by atoms with Crippen LogP contribution in [0.5, 0.6) is 0 Å². The topological polar surface area (TPSA) is 12.0 Å². The monoisotopic (exact) mass is 323 g/mol. The van der Waals surface area contributed by atoms with Gasteiger partial charge in [-0.1, -0.05) is 57.9 Å². The van der Waals surface area contributed by atoms with Crippen LogP contribution in [0.25, 0.3) is 0 Å². The highest BCUT2D eigenvalue weighted by Gasteiger charge is 2.12. The quantitative estimate of drug-likeness (QED) is 0.866. The lowest BCUT2D eigenvalue weighted by molar-refractivity contribution is 0.590. The van der Waals surface area contributed by atoms with E-state index >= 15 is 0 Å². The standard InChI is InChI=1S/C15H15BrClN/c1-18-15(13-7-2-3-8-14(13)16)10-11-5-4-6-12(17)9-11/h2-9,15,18H,10H2,1H3. The minimum atomic E-state index is 0.277. The zero-order valence-electron chi connectivity index (χ0n) is 10.2. The third-order valence-corrected chi connectivity index (χ3v) is 3.92.